The van der Waals surface area contributed by atoms with Gasteiger partial charge in [-0.2, -0.15) is 0 Å². The molecular weight excluding hydrogens is 1230 g/mol. The van der Waals surface area contributed by atoms with Crippen molar-refractivity contribution in [2.24, 2.45) is 23.7 Å². The molecule has 3 unspecified atom stereocenters. The third kappa shape index (κ3) is 67.3. The molecule has 0 aliphatic carbocycles. The molecule has 558 valence electrons. The number of phosphoric ester groups is 2. The number of aliphatic hydroxyl groups is 1. The molecule has 0 bridgehead atoms. The summed E-state index contributed by atoms with van der Waals surface area (Å²) < 4.78 is 68.4. The Bertz CT molecular complexity index is 1850. The number of carbonyl (C=O) groups excluding carboxylic acids is 4. The largest absolute Gasteiger partial charge is 0.472 e. The highest BCUT2D eigenvalue weighted by Gasteiger charge is 2.30. The van der Waals surface area contributed by atoms with Gasteiger partial charge in [-0.15, -0.1) is 0 Å². The summed E-state index contributed by atoms with van der Waals surface area (Å²) in [6.07, 6.45) is 48.8. The first-order chi connectivity index (χ1) is 45.1. The topological polar surface area (TPSA) is 237 Å². The van der Waals surface area contributed by atoms with Crippen LogP contribution in [0.25, 0.3) is 0 Å². The lowest BCUT2D eigenvalue weighted by molar-refractivity contribution is -0.161. The normalized spacial score (nSPS) is 14.4. The number of hydrogen-bond acceptors (Lipinski definition) is 15. The van der Waals surface area contributed by atoms with Crippen LogP contribution in [0.5, 0.6) is 0 Å². The van der Waals surface area contributed by atoms with Gasteiger partial charge < -0.3 is 33.8 Å². The molecule has 0 aromatic rings. The molecule has 0 fully saturated rings. The second-order valence-electron chi connectivity index (χ2n) is 28.7. The van der Waals surface area contributed by atoms with E-state index in [1.54, 1.807) is 0 Å². The van der Waals surface area contributed by atoms with Crippen LogP contribution in [0.1, 0.15) is 376 Å². The first-order valence-electron chi connectivity index (χ1n) is 38.7. The van der Waals surface area contributed by atoms with Crippen molar-refractivity contribution in [2.45, 2.75) is 395 Å². The van der Waals surface area contributed by atoms with Gasteiger partial charge >= 0.3 is 39.5 Å². The summed E-state index contributed by atoms with van der Waals surface area (Å²) in [6.45, 7) is 14.1. The van der Waals surface area contributed by atoms with Gasteiger partial charge in [0.25, 0.3) is 0 Å². The van der Waals surface area contributed by atoms with E-state index in [9.17, 15) is 43.2 Å². The smallest absolute Gasteiger partial charge is 0.462 e. The predicted molar refractivity (Wildman–Crippen MR) is 381 cm³/mol. The Hall–Kier alpha value is -1.94. The first-order valence-corrected chi connectivity index (χ1v) is 41.7. The van der Waals surface area contributed by atoms with Crippen molar-refractivity contribution in [1.82, 2.24) is 0 Å². The highest BCUT2D eigenvalue weighted by atomic mass is 31.2. The van der Waals surface area contributed by atoms with Gasteiger partial charge in [-0.1, -0.05) is 325 Å². The fourth-order valence-electron chi connectivity index (χ4n) is 11.3. The highest BCUT2D eigenvalue weighted by molar-refractivity contribution is 7.47. The molecule has 0 rings (SSSR count). The van der Waals surface area contributed by atoms with E-state index >= 15 is 0 Å². The Morgan fingerprint density at radius 2 is 0.511 bits per heavy atom. The van der Waals surface area contributed by atoms with Crippen LogP contribution < -0.4 is 0 Å². The Kier molecular flexibility index (Phi) is 63.1. The number of hydrogen-bond donors (Lipinski definition) is 3. The number of unbranched alkanes of at least 4 members (excludes halogenated alkanes) is 37. The zero-order chi connectivity index (χ0) is 69.6. The Morgan fingerprint density at radius 1 is 0.298 bits per heavy atom. The van der Waals surface area contributed by atoms with Crippen LogP contribution in [0.3, 0.4) is 0 Å². The lowest BCUT2D eigenvalue weighted by atomic mass is 10.00. The zero-order valence-electron chi connectivity index (χ0n) is 61.6. The van der Waals surface area contributed by atoms with Gasteiger partial charge in [0, 0.05) is 25.7 Å². The van der Waals surface area contributed by atoms with Gasteiger partial charge in [0.1, 0.15) is 19.3 Å². The molecule has 0 saturated carbocycles. The van der Waals surface area contributed by atoms with Gasteiger partial charge in [-0.05, 0) is 49.4 Å². The summed E-state index contributed by atoms with van der Waals surface area (Å²) in [5.74, 6) is 0.879. The maximum atomic E-state index is 13.1. The fraction of sp³-hybridized carbons (Fsp3) is 0.947. The summed E-state index contributed by atoms with van der Waals surface area (Å²) in [4.78, 5) is 72.7. The number of esters is 4. The number of rotatable bonds is 72. The van der Waals surface area contributed by atoms with E-state index in [1.165, 1.54) is 173 Å². The summed E-state index contributed by atoms with van der Waals surface area (Å²) in [6, 6.07) is 0. The van der Waals surface area contributed by atoms with Crippen LogP contribution in [0.4, 0.5) is 0 Å². The average molecular weight is 1380 g/mol. The second-order valence-corrected chi connectivity index (χ2v) is 31.6. The Balaban J connectivity index is 5.19. The molecule has 0 spiro atoms. The summed E-state index contributed by atoms with van der Waals surface area (Å²) in [7, 11) is -9.91. The first kappa shape index (κ1) is 92.1. The van der Waals surface area contributed by atoms with Gasteiger partial charge in [0.15, 0.2) is 12.2 Å². The van der Waals surface area contributed by atoms with Gasteiger partial charge in [0.2, 0.25) is 0 Å². The minimum Gasteiger partial charge on any atom is -0.462 e. The van der Waals surface area contributed by atoms with Crippen LogP contribution >= 0.6 is 15.6 Å². The van der Waals surface area contributed by atoms with Crippen molar-refractivity contribution in [3.63, 3.8) is 0 Å². The van der Waals surface area contributed by atoms with E-state index in [0.717, 1.165) is 114 Å². The number of ether oxygens (including phenoxy) is 4. The van der Waals surface area contributed by atoms with Crippen LogP contribution in [-0.4, -0.2) is 96.7 Å². The summed E-state index contributed by atoms with van der Waals surface area (Å²) in [5, 5.41) is 10.6. The van der Waals surface area contributed by atoms with Crippen LogP contribution in [0.15, 0.2) is 0 Å². The molecule has 94 heavy (non-hydrogen) atoms. The summed E-state index contributed by atoms with van der Waals surface area (Å²) >= 11 is 0. The van der Waals surface area contributed by atoms with Crippen molar-refractivity contribution < 1.29 is 80.2 Å². The lowest BCUT2D eigenvalue weighted by Crippen LogP contribution is -2.30. The van der Waals surface area contributed by atoms with Crippen molar-refractivity contribution >= 4 is 39.5 Å². The van der Waals surface area contributed by atoms with Gasteiger partial charge in [-0.25, -0.2) is 9.13 Å². The number of carbonyl (C=O) groups is 4. The van der Waals surface area contributed by atoms with Crippen molar-refractivity contribution in [3.8, 4) is 0 Å². The minimum atomic E-state index is -4.96. The van der Waals surface area contributed by atoms with Crippen molar-refractivity contribution in [2.75, 3.05) is 39.6 Å². The number of phosphoric acid groups is 2. The van der Waals surface area contributed by atoms with Gasteiger partial charge in [0.05, 0.1) is 26.4 Å². The molecule has 0 aliphatic rings. The maximum Gasteiger partial charge on any atom is 0.472 e. The predicted octanol–water partition coefficient (Wildman–Crippen LogP) is 21.7. The SMILES string of the molecule is CCC(C)CCCCCCCCC(=O)OC[C@H](COP(=O)(O)OC[C@H](O)COP(=O)(O)OC[C@@H](COC(=O)CCCCCCCCCCCCC(C)C)OC(=O)CCCCCCCCCCCCCCCCCCCCC(C)C)OC(=O)CCCCCCCCCC(C)C. The molecule has 0 amide bonds. The van der Waals surface area contributed by atoms with Crippen molar-refractivity contribution in [1.29, 1.82) is 0 Å². The molecule has 0 aromatic carbocycles. The van der Waals surface area contributed by atoms with E-state index in [2.05, 4.69) is 55.4 Å². The third-order valence-corrected chi connectivity index (χ3v) is 19.6. The molecule has 17 nitrogen and oxygen atoms in total. The van der Waals surface area contributed by atoms with E-state index in [1.807, 2.05) is 0 Å². The second kappa shape index (κ2) is 64.4. The summed E-state index contributed by atoms with van der Waals surface area (Å²) in [5.41, 5.74) is 0. The highest BCUT2D eigenvalue weighted by Crippen LogP contribution is 2.45. The maximum absolute atomic E-state index is 13.1. The molecule has 3 N–H and O–H groups in total. The van der Waals surface area contributed by atoms with E-state index in [-0.39, 0.29) is 25.7 Å². The Labute approximate surface area is 575 Å². The fourth-order valence-corrected chi connectivity index (χ4v) is 12.9. The van der Waals surface area contributed by atoms with Crippen molar-refractivity contribution in [3.05, 3.63) is 0 Å². The van der Waals surface area contributed by atoms with Crippen LogP contribution in [0, 0.1) is 23.7 Å². The molecule has 0 aromatic heterocycles. The van der Waals surface area contributed by atoms with E-state index < -0.39 is 97.5 Å². The molecular formula is C75H146O17P2. The van der Waals surface area contributed by atoms with Crippen LogP contribution in [-0.2, 0) is 65.4 Å². The molecule has 6 atom stereocenters. The van der Waals surface area contributed by atoms with Crippen LogP contribution in [0.2, 0.25) is 0 Å². The van der Waals surface area contributed by atoms with E-state index in [0.29, 0.717) is 31.6 Å². The Morgan fingerprint density at radius 3 is 0.755 bits per heavy atom. The molecule has 0 saturated heterocycles. The molecule has 0 radical (unpaired) electrons. The quantitative estimate of drug-likeness (QED) is 0.0222. The lowest BCUT2D eigenvalue weighted by Gasteiger charge is -2.21. The average Bonchev–Trinajstić information content (AvgIpc) is 1.52. The standard InChI is InChI=1S/C75H146O17P2/c1-9-68(8)54-46-38-33-34-40-48-56-73(78)86-62-71(92-75(80)58-50-42-32-26-29-37-45-53-67(6)7)64-90-94(83,84)88-60-69(76)59-87-93(81,82)89-63-70(61-85-72(77)55-47-39-30-24-21-20-23-28-36-44-52-66(4)5)91-74(79)57-49-41-31-25-19-17-15-13-11-10-12-14-16-18-22-27-35-43-51-65(2)3/h65-71,76H,9-64H2,1-8H3,(H,81,82)(H,83,84)/t68?,69-,70-,71-/m1/s1. The number of aliphatic hydroxyl groups excluding tert-OH is 1. The third-order valence-electron chi connectivity index (χ3n) is 17.7. The zero-order valence-corrected chi connectivity index (χ0v) is 63.4. The molecule has 0 heterocycles. The monoisotopic (exact) mass is 1380 g/mol. The molecule has 0 aliphatic heterocycles. The minimum absolute atomic E-state index is 0.102. The molecule has 19 heteroatoms. The van der Waals surface area contributed by atoms with E-state index in [4.69, 9.17) is 37.0 Å². The van der Waals surface area contributed by atoms with Gasteiger partial charge in [-0.3, -0.25) is 37.3 Å².